The molecular weight excluding hydrogens is 328 g/mol. The van der Waals surface area contributed by atoms with E-state index in [0.717, 1.165) is 10.0 Å². The van der Waals surface area contributed by atoms with E-state index >= 15 is 0 Å². The van der Waals surface area contributed by atoms with Gasteiger partial charge < -0.3 is 11.1 Å². The van der Waals surface area contributed by atoms with Crippen LogP contribution in [0.3, 0.4) is 0 Å². The van der Waals surface area contributed by atoms with E-state index in [1.165, 1.54) is 0 Å². The molecule has 0 fully saturated rings. The van der Waals surface area contributed by atoms with Crippen molar-refractivity contribution in [2.24, 2.45) is 0 Å². The minimum atomic E-state index is -0.319. The van der Waals surface area contributed by atoms with Crippen molar-refractivity contribution in [2.75, 3.05) is 11.1 Å². The fraction of sp³-hybridized carbons (Fsp3) is 0.0714. The van der Waals surface area contributed by atoms with E-state index in [4.69, 9.17) is 17.3 Å². The van der Waals surface area contributed by atoms with Crippen molar-refractivity contribution in [1.82, 2.24) is 0 Å². The van der Waals surface area contributed by atoms with E-state index in [9.17, 15) is 4.79 Å². The summed E-state index contributed by atoms with van der Waals surface area (Å²) in [6, 6.07) is 10.6. The van der Waals surface area contributed by atoms with Crippen LogP contribution >= 0.6 is 27.5 Å². The lowest BCUT2D eigenvalue weighted by atomic mass is 10.1. The molecule has 2 rings (SSSR count). The molecule has 3 nitrogen and oxygen atoms in total. The summed E-state index contributed by atoms with van der Waals surface area (Å²) >= 11 is 9.39. The monoisotopic (exact) mass is 338 g/mol. The van der Waals surface area contributed by atoms with Crippen LogP contribution in [0.1, 0.15) is 15.9 Å². The van der Waals surface area contributed by atoms with E-state index in [1.54, 1.807) is 18.2 Å². The molecule has 0 saturated carbocycles. The van der Waals surface area contributed by atoms with E-state index < -0.39 is 0 Å². The highest BCUT2D eigenvalue weighted by Crippen LogP contribution is 2.24. The Morgan fingerprint density at radius 3 is 2.68 bits per heavy atom. The molecule has 1 amide bonds. The highest BCUT2D eigenvalue weighted by Gasteiger charge is 2.14. The Morgan fingerprint density at radius 2 is 2.05 bits per heavy atom. The predicted molar refractivity (Wildman–Crippen MR) is 82.7 cm³/mol. The topological polar surface area (TPSA) is 55.1 Å². The van der Waals surface area contributed by atoms with Gasteiger partial charge in [-0.25, -0.2) is 0 Å². The molecule has 98 valence electrons. The molecule has 2 aromatic rings. The highest BCUT2D eigenvalue weighted by atomic mass is 79.9. The molecule has 0 aliphatic rings. The zero-order valence-corrected chi connectivity index (χ0v) is 12.5. The van der Waals surface area contributed by atoms with Gasteiger partial charge in [0, 0.05) is 15.8 Å². The van der Waals surface area contributed by atoms with Gasteiger partial charge in [-0.15, -0.1) is 0 Å². The second-order valence-corrected chi connectivity index (χ2v) is 5.50. The number of hydrogen-bond acceptors (Lipinski definition) is 2. The predicted octanol–water partition coefficient (Wildman–Crippen LogP) is 4.25. The Labute approximate surface area is 124 Å². The van der Waals surface area contributed by atoms with Crippen LogP contribution in [0.2, 0.25) is 5.02 Å². The summed E-state index contributed by atoms with van der Waals surface area (Å²) in [6.07, 6.45) is 0. The van der Waals surface area contributed by atoms with Gasteiger partial charge in [0.2, 0.25) is 0 Å². The molecule has 19 heavy (non-hydrogen) atoms. The molecule has 0 aliphatic carbocycles. The van der Waals surface area contributed by atoms with Crippen LogP contribution in [-0.2, 0) is 0 Å². The van der Waals surface area contributed by atoms with Gasteiger partial charge in [0.15, 0.2) is 0 Å². The van der Waals surface area contributed by atoms with Gasteiger partial charge in [0.1, 0.15) is 0 Å². The molecule has 2 aromatic carbocycles. The number of nitrogen functional groups attached to an aromatic ring is 1. The Kier molecular flexibility index (Phi) is 4.12. The summed E-state index contributed by atoms with van der Waals surface area (Å²) in [5, 5.41) is 3.13. The summed E-state index contributed by atoms with van der Waals surface area (Å²) < 4.78 is 0.898. The summed E-state index contributed by atoms with van der Waals surface area (Å²) in [5.41, 5.74) is 8.16. The van der Waals surface area contributed by atoms with Crippen LogP contribution in [-0.4, -0.2) is 5.91 Å². The van der Waals surface area contributed by atoms with Crippen LogP contribution in [0.25, 0.3) is 0 Å². The first kappa shape index (κ1) is 13.9. The van der Waals surface area contributed by atoms with E-state index in [0.29, 0.717) is 22.0 Å². The zero-order valence-electron chi connectivity index (χ0n) is 10.2. The molecule has 0 heterocycles. The van der Waals surface area contributed by atoms with Crippen LogP contribution in [0.5, 0.6) is 0 Å². The number of nitrogens with one attached hydrogen (secondary N) is 1. The molecule has 0 aromatic heterocycles. The third-order valence-corrected chi connectivity index (χ3v) is 3.35. The van der Waals surface area contributed by atoms with E-state index in [1.807, 2.05) is 25.1 Å². The summed E-state index contributed by atoms with van der Waals surface area (Å²) in [4.78, 5) is 12.2. The number of carbonyl (C=O) groups excluding carboxylic acids is 1. The SMILES string of the molecule is Cc1cc(Br)cc(NC(=O)c2c(N)cccc2Cl)c1. The van der Waals surface area contributed by atoms with Crippen molar-refractivity contribution < 1.29 is 4.79 Å². The van der Waals surface area contributed by atoms with Gasteiger partial charge in [-0.1, -0.05) is 33.6 Å². The molecule has 3 N–H and O–H groups in total. The van der Waals surface area contributed by atoms with Gasteiger partial charge in [-0.2, -0.15) is 0 Å². The highest BCUT2D eigenvalue weighted by molar-refractivity contribution is 9.10. The fourth-order valence-corrected chi connectivity index (χ4v) is 2.66. The first-order valence-corrected chi connectivity index (χ1v) is 6.77. The summed E-state index contributed by atoms with van der Waals surface area (Å²) in [6.45, 7) is 1.95. The molecule has 0 radical (unpaired) electrons. The minimum Gasteiger partial charge on any atom is -0.398 e. The standard InChI is InChI=1S/C14H12BrClN2O/c1-8-5-9(15)7-10(6-8)18-14(19)13-11(16)3-2-4-12(13)17/h2-7H,17H2,1H3,(H,18,19). The average molecular weight is 340 g/mol. The number of carbonyl (C=O) groups is 1. The van der Waals surface area contributed by atoms with Crippen molar-refractivity contribution in [3.63, 3.8) is 0 Å². The fourth-order valence-electron chi connectivity index (χ4n) is 1.78. The maximum Gasteiger partial charge on any atom is 0.259 e. The largest absolute Gasteiger partial charge is 0.398 e. The quantitative estimate of drug-likeness (QED) is 0.804. The van der Waals surface area contributed by atoms with Gasteiger partial charge in [0.25, 0.3) is 5.91 Å². The van der Waals surface area contributed by atoms with Crippen LogP contribution < -0.4 is 11.1 Å². The number of benzene rings is 2. The molecule has 0 bridgehead atoms. The lowest BCUT2D eigenvalue weighted by molar-refractivity contribution is 0.102. The Bertz CT molecular complexity index is 603. The number of hydrogen-bond donors (Lipinski definition) is 2. The Balaban J connectivity index is 2.31. The smallest absolute Gasteiger partial charge is 0.259 e. The average Bonchev–Trinajstić information content (AvgIpc) is 2.26. The maximum absolute atomic E-state index is 12.2. The molecule has 0 unspecified atom stereocenters. The molecule has 0 aliphatic heterocycles. The van der Waals surface area contributed by atoms with Gasteiger partial charge in [-0.05, 0) is 42.8 Å². The van der Waals surface area contributed by atoms with Crippen molar-refractivity contribution >= 4 is 44.8 Å². The zero-order chi connectivity index (χ0) is 14.0. The summed E-state index contributed by atoms with van der Waals surface area (Å²) in [7, 11) is 0. The third kappa shape index (κ3) is 3.28. The van der Waals surface area contributed by atoms with Crippen LogP contribution in [0.15, 0.2) is 40.9 Å². The number of anilines is 2. The lowest BCUT2D eigenvalue weighted by Crippen LogP contribution is -2.14. The molecule has 0 spiro atoms. The number of nitrogens with two attached hydrogens (primary N) is 1. The molecule has 5 heteroatoms. The van der Waals surface area contributed by atoms with Crippen molar-refractivity contribution in [2.45, 2.75) is 6.92 Å². The van der Waals surface area contributed by atoms with Gasteiger partial charge in [-0.3, -0.25) is 4.79 Å². The first-order valence-electron chi connectivity index (χ1n) is 5.60. The Hall–Kier alpha value is -1.52. The van der Waals surface area contributed by atoms with Gasteiger partial charge in [0.05, 0.1) is 10.6 Å². The van der Waals surface area contributed by atoms with Crippen molar-refractivity contribution in [3.05, 3.63) is 57.0 Å². The number of aryl methyl sites for hydroxylation is 1. The number of rotatable bonds is 2. The summed E-state index contributed by atoms with van der Waals surface area (Å²) in [5.74, 6) is -0.319. The van der Waals surface area contributed by atoms with E-state index in [-0.39, 0.29) is 5.91 Å². The second-order valence-electron chi connectivity index (χ2n) is 4.18. The van der Waals surface area contributed by atoms with Crippen LogP contribution in [0, 0.1) is 6.92 Å². The minimum absolute atomic E-state index is 0.293. The van der Waals surface area contributed by atoms with Crippen molar-refractivity contribution in [1.29, 1.82) is 0 Å². The first-order chi connectivity index (χ1) is 8.97. The van der Waals surface area contributed by atoms with Crippen molar-refractivity contribution in [3.8, 4) is 0 Å². The third-order valence-electron chi connectivity index (χ3n) is 2.57. The second kappa shape index (κ2) is 5.63. The van der Waals surface area contributed by atoms with Gasteiger partial charge >= 0.3 is 0 Å². The maximum atomic E-state index is 12.2. The normalized spacial score (nSPS) is 10.3. The molecule has 0 atom stereocenters. The number of amides is 1. The van der Waals surface area contributed by atoms with E-state index in [2.05, 4.69) is 21.2 Å². The number of halogens is 2. The molecule has 0 saturated heterocycles. The van der Waals surface area contributed by atoms with Crippen LogP contribution in [0.4, 0.5) is 11.4 Å². The lowest BCUT2D eigenvalue weighted by Gasteiger charge is -2.10. The molecular formula is C14H12BrClN2O. The Morgan fingerprint density at radius 1 is 1.32 bits per heavy atom.